The number of benzene rings is 2. The molecule has 1 N–H and O–H groups in total. The molecule has 0 unspecified atom stereocenters. The van der Waals surface area contributed by atoms with E-state index in [0.717, 1.165) is 5.56 Å². The van der Waals surface area contributed by atoms with E-state index >= 15 is 0 Å². The van der Waals surface area contributed by atoms with E-state index in [1.165, 1.54) is 13.2 Å². The molecule has 0 saturated heterocycles. The number of hydrogen-bond acceptors (Lipinski definition) is 5. The molecule has 2 aromatic carbocycles. The van der Waals surface area contributed by atoms with Crippen LogP contribution in [0.4, 0.5) is 8.78 Å². The number of nitrogens with zero attached hydrogens (tertiary/aromatic N) is 1. The number of ether oxygens (including phenoxy) is 2. The largest absolute Gasteiger partial charge is 0.493 e. The number of amides is 1. The van der Waals surface area contributed by atoms with E-state index in [1.807, 2.05) is 30.3 Å². The zero-order chi connectivity index (χ0) is 21.3. The number of alkyl halides is 2. The number of carbonyl (C=O) groups excluding carboxylic acids is 1. The summed E-state index contributed by atoms with van der Waals surface area (Å²) in [4.78, 5) is 16.3. The Morgan fingerprint density at radius 3 is 2.70 bits per heavy atom. The van der Waals surface area contributed by atoms with Crippen LogP contribution in [0.25, 0.3) is 11.3 Å². The molecule has 0 aliphatic heterocycles. The van der Waals surface area contributed by atoms with Crippen LogP contribution in [0.15, 0.2) is 59.1 Å². The topological polar surface area (TPSA) is 73.6 Å². The first-order valence-electron chi connectivity index (χ1n) is 9.43. The van der Waals surface area contributed by atoms with E-state index in [0.29, 0.717) is 36.5 Å². The quantitative estimate of drug-likeness (QED) is 0.523. The standard InChI is InChI=1S/C22H22F2N2O4/c1-28-18-12-15(10-11-17(18)30-22(23)24)13-25-20(27)8-5-9-21-26-14-19(29-21)16-6-3-2-4-7-16/h2-4,6-7,10-12,14,22H,5,8-9,13H2,1H3,(H,25,27). The molecular formula is C22H22F2N2O4. The van der Waals surface area contributed by atoms with Crippen molar-refractivity contribution < 1.29 is 27.5 Å². The number of hydrogen-bond donors (Lipinski definition) is 1. The van der Waals surface area contributed by atoms with E-state index in [-0.39, 0.29) is 24.0 Å². The van der Waals surface area contributed by atoms with Crippen molar-refractivity contribution in [3.63, 3.8) is 0 Å². The Balaban J connectivity index is 1.44. The second-order valence-electron chi connectivity index (χ2n) is 6.48. The molecule has 0 aliphatic carbocycles. The monoisotopic (exact) mass is 416 g/mol. The predicted molar refractivity (Wildman–Crippen MR) is 106 cm³/mol. The maximum atomic E-state index is 12.4. The molecule has 0 atom stereocenters. The predicted octanol–water partition coefficient (Wildman–Crippen LogP) is 4.59. The van der Waals surface area contributed by atoms with Crippen LogP contribution in [0.5, 0.6) is 11.5 Å². The summed E-state index contributed by atoms with van der Waals surface area (Å²) in [5, 5.41) is 2.79. The smallest absolute Gasteiger partial charge is 0.387 e. The maximum Gasteiger partial charge on any atom is 0.387 e. The summed E-state index contributed by atoms with van der Waals surface area (Å²) >= 11 is 0. The van der Waals surface area contributed by atoms with Gasteiger partial charge in [-0.2, -0.15) is 8.78 Å². The van der Waals surface area contributed by atoms with Gasteiger partial charge in [0.2, 0.25) is 5.91 Å². The first kappa shape index (κ1) is 21.3. The number of methoxy groups -OCH3 is 1. The number of nitrogens with one attached hydrogen (secondary N) is 1. The highest BCUT2D eigenvalue weighted by molar-refractivity contribution is 5.75. The second-order valence-corrected chi connectivity index (χ2v) is 6.48. The summed E-state index contributed by atoms with van der Waals surface area (Å²) in [5.41, 5.74) is 1.66. The van der Waals surface area contributed by atoms with Crippen LogP contribution < -0.4 is 14.8 Å². The number of carbonyl (C=O) groups is 1. The molecule has 1 aromatic heterocycles. The Morgan fingerprint density at radius 2 is 1.97 bits per heavy atom. The van der Waals surface area contributed by atoms with Crippen molar-refractivity contribution in [2.75, 3.05) is 7.11 Å². The fraction of sp³-hybridized carbons (Fsp3) is 0.273. The van der Waals surface area contributed by atoms with Crippen LogP contribution in [0.1, 0.15) is 24.3 Å². The summed E-state index contributed by atoms with van der Waals surface area (Å²) in [7, 11) is 1.36. The third-order valence-corrected chi connectivity index (χ3v) is 4.34. The summed E-state index contributed by atoms with van der Waals surface area (Å²) in [6.07, 6.45) is 3.13. The molecule has 3 aromatic rings. The molecule has 0 fully saturated rings. The van der Waals surface area contributed by atoms with Gasteiger partial charge in [0.1, 0.15) is 0 Å². The molecule has 158 valence electrons. The van der Waals surface area contributed by atoms with Gasteiger partial charge in [-0.15, -0.1) is 0 Å². The van der Waals surface area contributed by atoms with Gasteiger partial charge in [-0.05, 0) is 24.1 Å². The average Bonchev–Trinajstić information content (AvgIpc) is 3.22. The third kappa shape index (κ3) is 6.04. The number of aryl methyl sites for hydroxylation is 1. The molecule has 0 spiro atoms. The van der Waals surface area contributed by atoms with Gasteiger partial charge < -0.3 is 19.2 Å². The van der Waals surface area contributed by atoms with Gasteiger partial charge in [-0.3, -0.25) is 4.79 Å². The highest BCUT2D eigenvalue weighted by atomic mass is 19.3. The minimum Gasteiger partial charge on any atom is -0.493 e. The van der Waals surface area contributed by atoms with E-state index in [2.05, 4.69) is 15.0 Å². The first-order valence-corrected chi connectivity index (χ1v) is 9.43. The molecule has 0 bridgehead atoms. The minimum absolute atomic E-state index is 0.0524. The Hall–Kier alpha value is -3.42. The zero-order valence-corrected chi connectivity index (χ0v) is 16.4. The van der Waals surface area contributed by atoms with Gasteiger partial charge in [-0.25, -0.2) is 4.98 Å². The molecule has 0 saturated carbocycles. The maximum absolute atomic E-state index is 12.4. The number of rotatable bonds is 10. The Labute approximate surface area is 172 Å². The number of aromatic nitrogens is 1. The van der Waals surface area contributed by atoms with Crippen molar-refractivity contribution in [2.24, 2.45) is 0 Å². The normalized spacial score (nSPS) is 10.8. The summed E-state index contributed by atoms with van der Waals surface area (Å²) < 4.78 is 39.9. The molecular weight excluding hydrogens is 394 g/mol. The van der Waals surface area contributed by atoms with Crippen LogP contribution in [0.2, 0.25) is 0 Å². The van der Waals surface area contributed by atoms with E-state index in [9.17, 15) is 13.6 Å². The molecule has 1 heterocycles. The molecule has 3 rings (SSSR count). The van der Waals surface area contributed by atoms with E-state index < -0.39 is 6.61 Å². The van der Waals surface area contributed by atoms with Gasteiger partial charge in [0, 0.05) is 24.9 Å². The van der Waals surface area contributed by atoms with E-state index in [4.69, 9.17) is 9.15 Å². The molecule has 0 radical (unpaired) electrons. The van der Waals surface area contributed by atoms with Gasteiger partial charge in [0.25, 0.3) is 0 Å². The van der Waals surface area contributed by atoms with Crippen molar-refractivity contribution >= 4 is 5.91 Å². The Morgan fingerprint density at radius 1 is 1.17 bits per heavy atom. The van der Waals surface area contributed by atoms with Gasteiger partial charge >= 0.3 is 6.61 Å². The lowest BCUT2D eigenvalue weighted by molar-refractivity contribution is -0.121. The van der Waals surface area contributed by atoms with Crippen molar-refractivity contribution in [2.45, 2.75) is 32.4 Å². The van der Waals surface area contributed by atoms with Crippen LogP contribution in [0.3, 0.4) is 0 Å². The highest BCUT2D eigenvalue weighted by Crippen LogP contribution is 2.29. The lowest BCUT2D eigenvalue weighted by atomic mass is 10.2. The molecule has 8 heteroatoms. The lowest BCUT2D eigenvalue weighted by Gasteiger charge is -2.12. The SMILES string of the molecule is COc1cc(CNC(=O)CCCc2ncc(-c3ccccc3)o2)ccc1OC(F)F. The Bertz CT molecular complexity index is 961. The second kappa shape index (κ2) is 10.4. The lowest BCUT2D eigenvalue weighted by Crippen LogP contribution is -2.22. The summed E-state index contributed by atoms with van der Waals surface area (Å²) in [6, 6.07) is 14.2. The molecule has 1 amide bonds. The van der Waals surface area contributed by atoms with Gasteiger partial charge in [0.05, 0.1) is 13.3 Å². The fourth-order valence-corrected chi connectivity index (χ4v) is 2.87. The average molecular weight is 416 g/mol. The van der Waals surface area contributed by atoms with Crippen molar-refractivity contribution in [3.8, 4) is 22.8 Å². The summed E-state index contributed by atoms with van der Waals surface area (Å²) in [5.74, 6) is 1.28. The number of halogens is 2. The zero-order valence-electron chi connectivity index (χ0n) is 16.4. The van der Waals surface area contributed by atoms with Crippen LogP contribution in [-0.4, -0.2) is 24.6 Å². The van der Waals surface area contributed by atoms with Crippen molar-refractivity contribution in [1.29, 1.82) is 0 Å². The Kier molecular flexibility index (Phi) is 7.37. The minimum atomic E-state index is -2.93. The summed E-state index contributed by atoms with van der Waals surface area (Å²) in [6.45, 7) is -2.68. The van der Waals surface area contributed by atoms with Gasteiger partial charge in [0.15, 0.2) is 23.1 Å². The molecule has 30 heavy (non-hydrogen) atoms. The molecule has 6 nitrogen and oxygen atoms in total. The van der Waals surface area contributed by atoms with Crippen molar-refractivity contribution in [1.82, 2.24) is 10.3 Å². The van der Waals surface area contributed by atoms with Gasteiger partial charge in [-0.1, -0.05) is 36.4 Å². The molecule has 0 aliphatic rings. The first-order chi connectivity index (χ1) is 14.5. The highest BCUT2D eigenvalue weighted by Gasteiger charge is 2.12. The third-order valence-electron chi connectivity index (χ3n) is 4.34. The number of oxazole rings is 1. The van der Waals surface area contributed by atoms with Crippen molar-refractivity contribution in [3.05, 3.63) is 66.2 Å². The fourth-order valence-electron chi connectivity index (χ4n) is 2.87. The van der Waals surface area contributed by atoms with Crippen LogP contribution in [0, 0.1) is 0 Å². The van der Waals surface area contributed by atoms with Crippen LogP contribution in [-0.2, 0) is 17.8 Å². The van der Waals surface area contributed by atoms with E-state index in [1.54, 1.807) is 18.3 Å². The van der Waals surface area contributed by atoms with Crippen LogP contribution >= 0.6 is 0 Å².